The highest BCUT2D eigenvalue weighted by molar-refractivity contribution is 6.03. The molecule has 3 aromatic rings. The maximum atomic E-state index is 12.7. The first kappa shape index (κ1) is 18.6. The second-order valence-corrected chi connectivity index (χ2v) is 6.84. The van der Waals surface area contributed by atoms with Crippen LogP contribution < -0.4 is 10.6 Å². The molecule has 0 saturated carbocycles. The normalized spacial score (nSPS) is 10.6. The zero-order chi connectivity index (χ0) is 19.6. The Labute approximate surface area is 159 Å². The molecule has 0 atom stereocenters. The van der Waals surface area contributed by atoms with Crippen molar-refractivity contribution in [3.8, 4) is 0 Å². The third kappa shape index (κ3) is 4.31. The van der Waals surface area contributed by atoms with E-state index in [0.29, 0.717) is 11.6 Å². The second-order valence-electron chi connectivity index (χ2n) is 6.84. The molecular formula is C22H24N4O. The number of aromatic nitrogens is 2. The van der Waals surface area contributed by atoms with Crippen molar-refractivity contribution in [2.75, 3.05) is 10.6 Å². The molecule has 0 radical (unpaired) electrons. The van der Waals surface area contributed by atoms with Crippen LogP contribution in [0.1, 0.15) is 38.4 Å². The molecule has 0 fully saturated rings. The van der Waals surface area contributed by atoms with Gasteiger partial charge < -0.3 is 10.6 Å². The first-order valence-corrected chi connectivity index (χ1v) is 8.91. The molecule has 0 saturated heterocycles. The summed E-state index contributed by atoms with van der Waals surface area (Å²) in [4.78, 5) is 21.5. The maximum Gasteiger partial charge on any atom is 0.274 e. The van der Waals surface area contributed by atoms with Crippen molar-refractivity contribution in [3.63, 3.8) is 0 Å². The number of nitrogens with zero attached hydrogens (tertiary/aromatic N) is 2. The smallest absolute Gasteiger partial charge is 0.274 e. The number of hydrogen-bond acceptors (Lipinski definition) is 4. The molecule has 2 N–H and O–H groups in total. The molecule has 27 heavy (non-hydrogen) atoms. The lowest BCUT2D eigenvalue weighted by molar-refractivity contribution is 0.102. The summed E-state index contributed by atoms with van der Waals surface area (Å²) in [6, 6.07) is 13.5. The lowest BCUT2D eigenvalue weighted by Crippen LogP contribution is -2.15. The van der Waals surface area contributed by atoms with Crippen LogP contribution in [0.25, 0.3) is 0 Å². The summed E-state index contributed by atoms with van der Waals surface area (Å²) in [7, 11) is 0. The summed E-state index contributed by atoms with van der Waals surface area (Å²) in [5.41, 5.74) is 7.36. The van der Waals surface area contributed by atoms with Crippen LogP contribution in [0, 0.1) is 34.6 Å². The molecule has 5 heteroatoms. The molecule has 0 aliphatic carbocycles. The van der Waals surface area contributed by atoms with Gasteiger partial charge in [-0.05, 0) is 81.1 Å². The van der Waals surface area contributed by atoms with Gasteiger partial charge in [0.2, 0.25) is 5.95 Å². The Bertz CT molecular complexity index is 1010. The number of carbonyl (C=O) groups is 1. The molecule has 2 aromatic carbocycles. The lowest BCUT2D eigenvalue weighted by Gasteiger charge is -2.12. The monoisotopic (exact) mass is 360 g/mol. The van der Waals surface area contributed by atoms with Crippen molar-refractivity contribution in [3.05, 3.63) is 76.1 Å². The Morgan fingerprint density at radius 3 is 2.37 bits per heavy atom. The molecule has 138 valence electrons. The molecule has 3 rings (SSSR count). The van der Waals surface area contributed by atoms with Crippen LogP contribution >= 0.6 is 0 Å². The predicted molar refractivity (Wildman–Crippen MR) is 110 cm³/mol. The third-order valence-corrected chi connectivity index (χ3v) is 4.70. The number of anilines is 3. The van der Waals surface area contributed by atoms with E-state index in [-0.39, 0.29) is 5.91 Å². The molecule has 0 aliphatic heterocycles. The minimum Gasteiger partial charge on any atom is -0.324 e. The van der Waals surface area contributed by atoms with E-state index in [4.69, 9.17) is 0 Å². The van der Waals surface area contributed by atoms with E-state index in [1.165, 1.54) is 11.1 Å². The molecule has 0 unspecified atom stereocenters. The van der Waals surface area contributed by atoms with Crippen molar-refractivity contribution in [2.45, 2.75) is 34.6 Å². The summed E-state index contributed by atoms with van der Waals surface area (Å²) in [5, 5.41) is 6.14. The van der Waals surface area contributed by atoms with Gasteiger partial charge in [0.25, 0.3) is 5.91 Å². The number of hydrogen-bond donors (Lipinski definition) is 2. The number of amides is 1. The average Bonchev–Trinajstić information content (AvgIpc) is 2.61. The first-order chi connectivity index (χ1) is 12.8. The summed E-state index contributed by atoms with van der Waals surface area (Å²) >= 11 is 0. The van der Waals surface area contributed by atoms with Crippen LogP contribution in [0.4, 0.5) is 17.3 Å². The van der Waals surface area contributed by atoms with Gasteiger partial charge in [0.05, 0.1) is 0 Å². The summed E-state index contributed by atoms with van der Waals surface area (Å²) in [5.74, 6) is 0.154. The average molecular weight is 360 g/mol. The SMILES string of the molecule is Cc1cc(C(=O)Nc2ccc(C)c(C)c2)nc(Nc2cccc(C)c2C)n1. The van der Waals surface area contributed by atoms with E-state index in [9.17, 15) is 4.79 Å². The molecular weight excluding hydrogens is 336 g/mol. The van der Waals surface area contributed by atoms with Gasteiger partial charge in [-0.2, -0.15) is 0 Å². The van der Waals surface area contributed by atoms with E-state index >= 15 is 0 Å². The van der Waals surface area contributed by atoms with E-state index < -0.39 is 0 Å². The third-order valence-electron chi connectivity index (χ3n) is 4.70. The zero-order valence-corrected chi connectivity index (χ0v) is 16.3. The van der Waals surface area contributed by atoms with Gasteiger partial charge >= 0.3 is 0 Å². The van der Waals surface area contributed by atoms with E-state index in [1.807, 2.05) is 58.0 Å². The predicted octanol–water partition coefficient (Wildman–Crippen LogP) is 5.01. The maximum absolute atomic E-state index is 12.7. The van der Waals surface area contributed by atoms with E-state index in [1.54, 1.807) is 6.07 Å². The second kappa shape index (κ2) is 7.58. The van der Waals surface area contributed by atoms with Crippen molar-refractivity contribution in [1.82, 2.24) is 9.97 Å². The van der Waals surface area contributed by atoms with Gasteiger partial charge in [0.15, 0.2) is 0 Å². The highest BCUT2D eigenvalue weighted by Crippen LogP contribution is 2.21. The van der Waals surface area contributed by atoms with Crippen LogP contribution in [-0.2, 0) is 0 Å². The Balaban J connectivity index is 1.85. The largest absolute Gasteiger partial charge is 0.324 e. The molecule has 5 nitrogen and oxygen atoms in total. The van der Waals surface area contributed by atoms with Gasteiger partial charge in [-0.1, -0.05) is 18.2 Å². The summed E-state index contributed by atoms with van der Waals surface area (Å²) < 4.78 is 0. The fraction of sp³-hybridized carbons (Fsp3) is 0.227. The zero-order valence-electron chi connectivity index (χ0n) is 16.3. The number of nitrogens with one attached hydrogen (secondary N) is 2. The Morgan fingerprint density at radius 2 is 1.63 bits per heavy atom. The Morgan fingerprint density at radius 1 is 0.852 bits per heavy atom. The highest BCUT2D eigenvalue weighted by Gasteiger charge is 2.12. The number of aryl methyl sites for hydroxylation is 4. The van der Waals surface area contributed by atoms with Crippen LogP contribution in [0.2, 0.25) is 0 Å². The number of benzene rings is 2. The van der Waals surface area contributed by atoms with Crippen molar-refractivity contribution in [2.24, 2.45) is 0 Å². The van der Waals surface area contributed by atoms with Crippen LogP contribution in [0.5, 0.6) is 0 Å². The van der Waals surface area contributed by atoms with Crippen LogP contribution in [0.3, 0.4) is 0 Å². The fourth-order valence-electron chi connectivity index (χ4n) is 2.76. The molecule has 0 spiro atoms. The van der Waals surface area contributed by atoms with Crippen molar-refractivity contribution in [1.29, 1.82) is 0 Å². The Hall–Kier alpha value is -3.21. The molecule has 1 heterocycles. The van der Waals surface area contributed by atoms with E-state index in [2.05, 4.69) is 33.6 Å². The van der Waals surface area contributed by atoms with Gasteiger partial charge in [-0.15, -0.1) is 0 Å². The summed E-state index contributed by atoms with van der Waals surface area (Å²) in [6.07, 6.45) is 0. The Kier molecular flexibility index (Phi) is 5.21. The standard InChI is InChI=1S/C22H24N4O/c1-13-9-10-18(11-15(13)3)24-21(27)20-12-16(4)23-22(26-20)25-19-8-6-7-14(2)17(19)5/h6-12H,1-5H3,(H,24,27)(H,23,25,26). The summed E-state index contributed by atoms with van der Waals surface area (Å²) in [6.45, 7) is 10.0. The van der Waals surface area contributed by atoms with Gasteiger partial charge in [0, 0.05) is 17.1 Å². The molecule has 1 amide bonds. The lowest BCUT2D eigenvalue weighted by atomic mass is 10.1. The van der Waals surface area contributed by atoms with Crippen molar-refractivity contribution >= 4 is 23.2 Å². The molecule has 1 aromatic heterocycles. The van der Waals surface area contributed by atoms with E-state index in [0.717, 1.165) is 28.2 Å². The minimum atomic E-state index is -0.257. The molecule has 0 aliphatic rings. The van der Waals surface area contributed by atoms with Crippen LogP contribution in [-0.4, -0.2) is 15.9 Å². The number of rotatable bonds is 4. The van der Waals surface area contributed by atoms with Crippen LogP contribution in [0.15, 0.2) is 42.5 Å². The van der Waals surface area contributed by atoms with Gasteiger partial charge in [-0.3, -0.25) is 4.79 Å². The minimum absolute atomic E-state index is 0.257. The van der Waals surface area contributed by atoms with Crippen molar-refractivity contribution < 1.29 is 4.79 Å². The topological polar surface area (TPSA) is 66.9 Å². The highest BCUT2D eigenvalue weighted by atomic mass is 16.1. The quantitative estimate of drug-likeness (QED) is 0.686. The fourth-order valence-corrected chi connectivity index (χ4v) is 2.76. The molecule has 0 bridgehead atoms. The number of carbonyl (C=O) groups excluding carboxylic acids is 1. The van der Waals surface area contributed by atoms with Gasteiger partial charge in [-0.25, -0.2) is 9.97 Å². The first-order valence-electron chi connectivity index (χ1n) is 8.91. The van der Waals surface area contributed by atoms with Gasteiger partial charge in [0.1, 0.15) is 5.69 Å².